The van der Waals surface area contributed by atoms with Crippen molar-refractivity contribution in [1.82, 2.24) is 0 Å². The molecule has 0 radical (unpaired) electrons. The van der Waals surface area contributed by atoms with Crippen LogP contribution in [0.5, 0.6) is 17.2 Å². The van der Waals surface area contributed by atoms with Gasteiger partial charge >= 0.3 is 0 Å². The number of aryl methyl sites for hydroxylation is 1. The highest BCUT2D eigenvalue weighted by molar-refractivity contribution is 6.07. The molecule has 0 spiro atoms. The zero-order chi connectivity index (χ0) is 19.4. The lowest BCUT2D eigenvalue weighted by atomic mass is 10.1. The molecule has 0 unspecified atom stereocenters. The van der Waals surface area contributed by atoms with Gasteiger partial charge in [0.2, 0.25) is 0 Å². The molecule has 6 nitrogen and oxygen atoms in total. The van der Waals surface area contributed by atoms with Gasteiger partial charge in [0, 0.05) is 36.6 Å². The monoisotopic (exact) mass is 370 g/mol. The Labute approximate surface area is 160 Å². The van der Waals surface area contributed by atoms with Crippen LogP contribution in [0.3, 0.4) is 0 Å². The number of hydrogen-bond acceptors (Lipinski definition) is 5. The van der Waals surface area contributed by atoms with Gasteiger partial charge in [0.15, 0.2) is 11.5 Å². The fourth-order valence-corrected chi connectivity index (χ4v) is 3.36. The summed E-state index contributed by atoms with van der Waals surface area (Å²) in [5.41, 5.74) is 3.39. The van der Waals surface area contributed by atoms with Crippen molar-refractivity contribution >= 4 is 17.3 Å². The maximum absolute atomic E-state index is 12.9. The third kappa shape index (κ3) is 3.94. The third-order valence-electron chi connectivity index (χ3n) is 4.88. The van der Waals surface area contributed by atoms with Crippen LogP contribution in [0, 0.1) is 6.92 Å². The Bertz CT molecular complexity index is 829. The molecule has 0 saturated carbocycles. The summed E-state index contributed by atoms with van der Waals surface area (Å²) in [6.45, 7) is 4.18. The van der Waals surface area contributed by atoms with E-state index in [1.54, 1.807) is 19.2 Å². The molecular weight excluding hydrogens is 344 g/mol. The van der Waals surface area contributed by atoms with Crippen LogP contribution in [0.25, 0.3) is 0 Å². The highest BCUT2D eigenvalue weighted by atomic mass is 16.5. The van der Waals surface area contributed by atoms with Crippen molar-refractivity contribution in [3.63, 3.8) is 0 Å². The topological polar surface area (TPSA) is 60.0 Å². The first kappa shape index (κ1) is 18.9. The number of amides is 1. The molecule has 0 atom stereocenters. The van der Waals surface area contributed by atoms with Gasteiger partial charge in [-0.3, -0.25) is 4.79 Å². The summed E-state index contributed by atoms with van der Waals surface area (Å²) in [6, 6.07) is 9.40. The number of hydrogen-bond donors (Lipinski definition) is 1. The van der Waals surface area contributed by atoms with Gasteiger partial charge in [0.25, 0.3) is 5.91 Å². The molecule has 2 aromatic carbocycles. The van der Waals surface area contributed by atoms with Crippen LogP contribution in [0.1, 0.15) is 28.8 Å². The minimum Gasteiger partial charge on any atom is -0.496 e. The van der Waals surface area contributed by atoms with Crippen molar-refractivity contribution in [2.75, 3.05) is 44.6 Å². The minimum atomic E-state index is -0.259. The number of carbonyl (C=O) groups excluding carboxylic acids is 1. The van der Waals surface area contributed by atoms with Crippen molar-refractivity contribution in [3.8, 4) is 17.2 Å². The molecule has 1 N–H and O–H groups in total. The zero-order valence-corrected chi connectivity index (χ0v) is 16.3. The molecule has 1 heterocycles. The molecule has 3 rings (SSSR count). The second-order valence-electron chi connectivity index (χ2n) is 6.55. The van der Waals surface area contributed by atoms with Crippen LogP contribution in [0.2, 0.25) is 0 Å². The van der Waals surface area contributed by atoms with Crippen LogP contribution in [-0.4, -0.2) is 40.3 Å². The van der Waals surface area contributed by atoms with Crippen molar-refractivity contribution < 1.29 is 19.0 Å². The molecule has 6 heteroatoms. The first-order valence-electron chi connectivity index (χ1n) is 9.04. The molecule has 2 aromatic rings. The molecule has 0 aliphatic carbocycles. The number of rotatable bonds is 6. The van der Waals surface area contributed by atoms with Crippen LogP contribution in [-0.2, 0) is 0 Å². The van der Waals surface area contributed by atoms with E-state index < -0.39 is 0 Å². The maximum atomic E-state index is 12.9. The molecule has 1 amide bonds. The zero-order valence-electron chi connectivity index (χ0n) is 16.3. The molecule has 0 bridgehead atoms. The Morgan fingerprint density at radius 3 is 2.15 bits per heavy atom. The Hall–Kier alpha value is -2.89. The highest BCUT2D eigenvalue weighted by Gasteiger charge is 2.19. The second kappa shape index (κ2) is 8.20. The number of methoxy groups -OCH3 is 3. The standard InChI is InChI=1S/C21H26N2O4/c1-14-11-15(23-9-5-6-10-23)7-8-17(14)22-21(24)16-12-19(26-3)20(27-4)13-18(16)25-2/h7-8,11-13H,5-6,9-10H2,1-4H3,(H,22,24). The summed E-state index contributed by atoms with van der Waals surface area (Å²) < 4.78 is 15.9. The number of benzene rings is 2. The molecule has 1 aliphatic rings. The fraction of sp³-hybridized carbons (Fsp3) is 0.381. The number of carbonyl (C=O) groups is 1. The van der Waals surface area contributed by atoms with Gasteiger partial charge in [-0.25, -0.2) is 0 Å². The Morgan fingerprint density at radius 1 is 0.926 bits per heavy atom. The third-order valence-corrected chi connectivity index (χ3v) is 4.88. The van der Waals surface area contributed by atoms with Crippen molar-refractivity contribution in [1.29, 1.82) is 0 Å². The molecule has 0 aromatic heterocycles. The normalized spacial score (nSPS) is 13.4. The second-order valence-corrected chi connectivity index (χ2v) is 6.55. The average Bonchev–Trinajstić information content (AvgIpc) is 3.23. The fourth-order valence-electron chi connectivity index (χ4n) is 3.36. The molecule has 1 fully saturated rings. The predicted molar refractivity (Wildman–Crippen MR) is 107 cm³/mol. The van der Waals surface area contributed by atoms with Crippen molar-refractivity contribution in [2.24, 2.45) is 0 Å². The number of ether oxygens (including phenoxy) is 3. The molecule has 144 valence electrons. The Kier molecular flexibility index (Phi) is 5.74. The lowest BCUT2D eigenvalue weighted by Crippen LogP contribution is -2.18. The number of nitrogens with one attached hydrogen (secondary N) is 1. The van der Waals surface area contributed by atoms with E-state index in [0.717, 1.165) is 24.3 Å². The largest absolute Gasteiger partial charge is 0.496 e. The van der Waals surface area contributed by atoms with Gasteiger partial charge < -0.3 is 24.4 Å². The van der Waals surface area contributed by atoms with E-state index in [0.29, 0.717) is 22.8 Å². The molecular formula is C21H26N2O4. The minimum absolute atomic E-state index is 0.259. The smallest absolute Gasteiger partial charge is 0.259 e. The summed E-state index contributed by atoms with van der Waals surface area (Å²) in [5, 5.41) is 2.97. The summed E-state index contributed by atoms with van der Waals surface area (Å²) in [5.74, 6) is 1.16. The SMILES string of the molecule is COc1cc(OC)c(C(=O)Nc2ccc(N3CCCC3)cc2C)cc1OC. The summed E-state index contributed by atoms with van der Waals surface area (Å²) >= 11 is 0. The maximum Gasteiger partial charge on any atom is 0.259 e. The lowest BCUT2D eigenvalue weighted by Gasteiger charge is -2.19. The Morgan fingerprint density at radius 2 is 1.56 bits per heavy atom. The summed E-state index contributed by atoms with van der Waals surface area (Å²) in [6.07, 6.45) is 2.47. The first-order valence-corrected chi connectivity index (χ1v) is 9.04. The van der Waals surface area contributed by atoms with Gasteiger partial charge in [-0.1, -0.05) is 0 Å². The highest BCUT2D eigenvalue weighted by Crippen LogP contribution is 2.35. The summed E-state index contributed by atoms with van der Waals surface area (Å²) in [4.78, 5) is 15.2. The van der Waals surface area contributed by atoms with E-state index in [1.807, 2.05) is 13.0 Å². The van der Waals surface area contributed by atoms with Crippen LogP contribution in [0.4, 0.5) is 11.4 Å². The van der Waals surface area contributed by atoms with E-state index in [4.69, 9.17) is 14.2 Å². The average molecular weight is 370 g/mol. The number of anilines is 2. The Balaban J connectivity index is 1.84. The molecule has 1 aliphatic heterocycles. The van der Waals surface area contributed by atoms with Crippen molar-refractivity contribution in [2.45, 2.75) is 19.8 Å². The van der Waals surface area contributed by atoms with E-state index in [2.05, 4.69) is 22.3 Å². The van der Waals surface area contributed by atoms with Gasteiger partial charge in [0.1, 0.15) is 5.75 Å². The lowest BCUT2D eigenvalue weighted by molar-refractivity contribution is 0.102. The first-order chi connectivity index (χ1) is 13.1. The van der Waals surface area contributed by atoms with Crippen molar-refractivity contribution in [3.05, 3.63) is 41.5 Å². The van der Waals surface area contributed by atoms with Gasteiger partial charge in [-0.15, -0.1) is 0 Å². The quantitative estimate of drug-likeness (QED) is 0.836. The van der Waals surface area contributed by atoms with E-state index >= 15 is 0 Å². The van der Waals surface area contributed by atoms with E-state index in [-0.39, 0.29) is 5.91 Å². The van der Waals surface area contributed by atoms with Crippen LogP contribution in [0.15, 0.2) is 30.3 Å². The molecule has 27 heavy (non-hydrogen) atoms. The van der Waals surface area contributed by atoms with Gasteiger partial charge in [-0.2, -0.15) is 0 Å². The molecule has 1 saturated heterocycles. The van der Waals surface area contributed by atoms with E-state index in [1.165, 1.54) is 32.7 Å². The predicted octanol–water partition coefficient (Wildman–Crippen LogP) is 3.87. The van der Waals surface area contributed by atoms with Gasteiger partial charge in [-0.05, 0) is 43.5 Å². The van der Waals surface area contributed by atoms with E-state index in [9.17, 15) is 4.79 Å². The van der Waals surface area contributed by atoms with Crippen LogP contribution >= 0.6 is 0 Å². The van der Waals surface area contributed by atoms with Gasteiger partial charge in [0.05, 0.1) is 26.9 Å². The summed E-state index contributed by atoms with van der Waals surface area (Å²) in [7, 11) is 4.60. The van der Waals surface area contributed by atoms with Crippen LogP contribution < -0.4 is 24.4 Å². The number of nitrogens with zero attached hydrogens (tertiary/aromatic N) is 1.